The predicted octanol–water partition coefficient (Wildman–Crippen LogP) is -0.0164. The van der Waals surface area contributed by atoms with Crippen LogP contribution in [0.4, 0.5) is 10.6 Å². The van der Waals surface area contributed by atoms with Gasteiger partial charge in [0.25, 0.3) is 0 Å². The molecule has 0 saturated heterocycles. The van der Waals surface area contributed by atoms with Crippen LogP contribution in [-0.2, 0) is 0 Å². The Labute approximate surface area is 118 Å². The van der Waals surface area contributed by atoms with Crippen LogP contribution in [0, 0.1) is 17.2 Å². The molecule has 0 saturated carbocycles. The summed E-state index contributed by atoms with van der Waals surface area (Å²) in [6.45, 7) is 5.33. The zero-order chi connectivity index (χ0) is 15.0. The Kier molecular flexibility index (Phi) is 6.19. The summed E-state index contributed by atoms with van der Waals surface area (Å²) in [5.74, 6) is 0.818. The maximum Gasteiger partial charge on any atom is 0.333 e. The number of nitrogens with two attached hydrogens (primary N) is 1. The number of hydrogen-bond acceptors (Lipinski definition) is 6. The summed E-state index contributed by atoms with van der Waals surface area (Å²) in [5, 5.41) is 13.0. The van der Waals surface area contributed by atoms with E-state index in [4.69, 9.17) is 11.0 Å². The average Bonchev–Trinajstić information content (AvgIpc) is 2.44. The van der Waals surface area contributed by atoms with Gasteiger partial charge in [0.2, 0.25) is 5.82 Å². The van der Waals surface area contributed by atoms with E-state index in [0.29, 0.717) is 31.4 Å². The number of aromatic nitrogens is 2. The monoisotopic (exact) mass is 277 g/mol. The molecule has 2 amide bonds. The molecule has 1 rings (SSSR count). The van der Waals surface area contributed by atoms with Gasteiger partial charge in [-0.3, -0.25) is 5.01 Å². The van der Waals surface area contributed by atoms with Crippen LogP contribution in [0.1, 0.15) is 19.7 Å². The summed E-state index contributed by atoms with van der Waals surface area (Å²) in [6.07, 6.45) is 1.48. The molecule has 0 aliphatic rings. The third-order valence-corrected chi connectivity index (χ3v) is 2.23. The van der Waals surface area contributed by atoms with E-state index in [1.54, 1.807) is 11.1 Å². The lowest BCUT2D eigenvalue weighted by Crippen LogP contribution is -2.50. The Bertz CT molecular complexity index is 483. The van der Waals surface area contributed by atoms with Crippen LogP contribution in [0.15, 0.2) is 12.3 Å². The molecule has 0 aliphatic carbocycles. The van der Waals surface area contributed by atoms with Crippen molar-refractivity contribution in [2.24, 2.45) is 11.7 Å². The van der Waals surface area contributed by atoms with E-state index in [1.165, 1.54) is 6.20 Å². The molecule has 0 radical (unpaired) electrons. The van der Waals surface area contributed by atoms with Crippen molar-refractivity contribution in [1.82, 2.24) is 20.7 Å². The first kappa shape index (κ1) is 15.7. The molecule has 0 fully saturated rings. The summed E-state index contributed by atoms with van der Waals surface area (Å²) in [4.78, 5) is 19.6. The fourth-order valence-electron chi connectivity index (χ4n) is 1.46. The maximum atomic E-state index is 11.7. The number of amides is 2. The van der Waals surface area contributed by atoms with Crippen LogP contribution in [0.2, 0.25) is 0 Å². The Hall–Kier alpha value is -2.40. The lowest BCUT2D eigenvalue weighted by molar-refractivity contribution is 0.239. The van der Waals surface area contributed by atoms with E-state index < -0.39 is 0 Å². The van der Waals surface area contributed by atoms with Gasteiger partial charge < -0.3 is 11.1 Å². The Balaban J connectivity index is 2.82. The van der Waals surface area contributed by atoms with E-state index in [1.807, 2.05) is 19.9 Å². The van der Waals surface area contributed by atoms with Crippen LogP contribution in [-0.4, -0.2) is 35.6 Å². The van der Waals surface area contributed by atoms with Gasteiger partial charge in [0.05, 0.1) is 0 Å². The molecule has 1 aromatic rings. The van der Waals surface area contributed by atoms with Gasteiger partial charge in [-0.1, -0.05) is 13.8 Å². The lowest BCUT2D eigenvalue weighted by Gasteiger charge is -2.25. The standard InChI is InChI=1S/C12H19N7O/c1-9(2)8-19(18-12(20)16-6-4-13)11-3-5-15-10(7-14)17-11/h3,5,9H,4,6,8,13H2,1-2H3,(H2,16,18,20). The van der Waals surface area contributed by atoms with E-state index in [-0.39, 0.29) is 11.9 Å². The van der Waals surface area contributed by atoms with Crippen molar-refractivity contribution in [3.8, 4) is 6.07 Å². The highest BCUT2D eigenvalue weighted by molar-refractivity contribution is 5.75. The number of nitriles is 1. The van der Waals surface area contributed by atoms with Gasteiger partial charge in [0.15, 0.2) is 5.82 Å². The largest absolute Gasteiger partial charge is 0.335 e. The number of nitrogens with one attached hydrogen (secondary N) is 2. The highest BCUT2D eigenvalue weighted by Crippen LogP contribution is 2.09. The van der Waals surface area contributed by atoms with Crippen LogP contribution < -0.4 is 21.5 Å². The molecule has 1 heterocycles. The van der Waals surface area contributed by atoms with E-state index in [9.17, 15) is 4.79 Å². The van der Waals surface area contributed by atoms with E-state index >= 15 is 0 Å². The summed E-state index contributed by atoms with van der Waals surface area (Å²) >= 11 is 0. The van der Waals surface area contributed by atoms with Crippen molar-refractivity contribution in [3.05, 3.63) is 18.1 Å². The normalized spacial score (nSPS) is 9.95. The first-order valence-corrected chi connectivity index (χ1v) is 6.32. The second kappa shape index (κ2) is 7.91. The molecule has 0 bridgehead atoms. The van der Waals surface area contributed by atoms with Gasteiger partial charge in [-0.15, -0.1) is 0 Å². The summed E-state index contributed by atoms with van der Waals surface area (Å²) in [6, 6.07) is 3.13. The van der Waals surface area contributed by atoms with Gasteiger partial charge in [0.1, 0.15) is 6.07 Å². The Morgan fingerprint density at radius 2 is 2.35 bits per heavy atom. The molecule has 0 unspecified atom stereocenters. The molecule has 8 nitrogen and oxygen atoms in total. The van der Waals surface area contributed by atoms with Gasteiger partial charge >= 0.3 is 6.03 Å². The van der Waals surface area contributed by atoms with Gasteiger partial charge in [-0.25, -0.2) is 15.2 Å². The SMILES string of the molecule is CC(C)CN(NC(=O)NCCN)c1ccnc(C#N)n1. The maximum absolute atomic E-state index is 11.7. The van der Waals surface area contributed by atoms with E-state index in [0.717, 1.165) is 0 Å². The molecular formula is C12H19N7O. The smallest absolute Gasteiger partial charge is 0.333 e. The van der Waals surface area contributed by atoms with Gasteiger partial charge in [-0.05, 0) is 5.92 Å². The second-order valence-corrected chi connectivity index (χ2v) is 4.51. The first-order valence-electron chi connectivity index (χ1n) is 6.32. The van der Waals surface area contributed by atoms with Gasteiger partial charge in [0, 0.05) is 31.9 Å². The predicted molar refractivity (Wildman–Crippen MR) is 74.5 cm³/mol. The third-order valence-electron chi connectivity index (χ3n) is 2.23. The minimum Gasteiger partial charge on any atom is -0.335 e. The summed E-state index contributed by atoms with van der Waals surface area (Å²) in [5.41, 5.74) is 8.00. The number of rotatable bonds is 6. The van der Waals surface area contributed by atoms with Crippen LogP contribution in [0.3, 0.4) is 0 Å². The number of hydrogen-bond donors (Lipinski definition) is 3. The molecule has 0 spiro atoms. The molecule has 0 aromatic carbocycles. The fraction of sp³-hybridized carbons (Fsp3) is 0.500. The molecule has 4 N–H and O–H groups in total. The first-order chi connectivity index (χ1) is 9.56. The number of carbonyl (C=O) groups is 1. The number of nitrogens with zero attached hydrogens (tertiary/aromatic N) is 4. The lowest BCUT2D eigenvalue weighted by atomic mass is 10.2. The van der Waals surface area contributed by atoms with E-state index in [2.05, 4.69) is 20.7 Å². The molecule has 20 heavy (non-hydrogen) atoms. The number of urea groups is 1. The zero-order valence-electron chi connectivity index (χ0n) is 11.6. The molecule has 108 valence electrons. The van der Waals surface area contributed by atoms with Crippen LogP contribution in [0.25, 0.3) is 0 Å². The Morgan fingerprint density at radius 3 is 2.95 bits per heavy atom. The van der Waals surface area contributed by atoms with Crippen molar-refractivity contribution in [3.63, 3.8) is 0 Å². The molecular weight excluding hydrogens is 258 g/mol. The topological polar surface area (TPSA) is 120 Å². The third kappa shape index (κ3) is 5.07. The average molecular weight is 277 g/mol. The molecule has 1 aromatic heterocycles. The Morgan fingerprint density at radius 1 is 1.60 bits per heavy atom. The summed E-state index contributed by atoms with van der Waals surface area (Å²) < 4.78 is 0. The fourth-order valence-corrected chi connectivity index (χ4v) is 1.46. The molecule has 8 heteroatoms. The second-order valence-electron chi connectivity index (χ2n) is 4.51. The van der Waals surface area contributed by atoms with Crippen LogP contribution >= 0.6 is 0 Å². The van der Waals surface area contributed by atoms with Crippen molar-refractivity contribution in [1.29, 1.82) is 5.26 Å². The zero-order valence-corrected chi connectivity index (χ0v) is 11.6. The number of carbonyl (C=O) groups excluding carboxylic acids is 1. The number of hydrazine groups is 1. The van der Waals surface area contributed by atoms with Crippen molar-refractivity contribution in [2.45, 2.75) is 13.8 Å². The number of anilines is 1. The quantitative estimate of drug-likeness (QED) is 0.629. The van der Waals surface area contributed by atoms with Crippen molar-refractivity contribution < 1.29 is 4.79 Å². The highest BCUT2D eigenvalue weighted by atomic mass is 16.2. The molecule has 0 aliphatic heterocycles. The minimum absolute atomic E-state index is 0.0559. The molecule has 0 atom stereocenters. The van der Waals surface area contributed by atoms with Crippen molar-refractivity contribution >= 4 is 11.8 Å². The highest BCUT2D eigenvalue weighted by Gasteiger charge is 2.13. The van der Waals surface area contributed by atoms with Crippen molar-refractivity contribution in [2.75, 3.05) is 24.6 Å². The van der Waals surface area contributed by atoms with Gasteiger partial charge in [-0.2, -0.15) is 10.2 Å². The summed E-state index contributed by atoms with van der Waals surface area (Å²) in [7, 11) is 0. The minimum atomic E-state index is -0.367. The van der Waals surface area contributed by atoms with Crippen LogP contribution in [0.5, 0.6) is 0 Å².